The first kappa shape index (κ1) is 59.6. The summed E-state index contributed by atoms with van der Waals surface area (Å²) in [4.78, 5) is 26.1. The van der Waals surface area contributed by atoms with Crippen molar-refractivity contribution in [2.24, 2.45) is 0 Å². The van der Waals surface area contributed by atoms with Gasteiger partial charge in [-0.3, -0.25) is 9.59 Å². The van der Waals surface area contributed by atoms with Crippen molar-refractivity contribution in [1.29, 1.82) is 0 Å². The van der Waals surface area contributed by atoms with Crippen molar-refractivity contribution in [3.63, 3.8) is 0 Å². The van der Waals surface area contributed by atoms with Crippen LogP contribution in [0.1, 0.15) is 258 Å². The maximum absolute atomic E-state index is 13.2. The summed E-state index contributed by atoms with van der Waals surface area (Å²) in [5.74, 6) is -0.518. The molecule has 0 aliphatic rings. The van der Waals surface area contributed by atoms with Crippen LogP contribution in [-0.4, -0.2) is 46.9 Å². The van der Waals surface area contributed by atoms with E-state index >= 15 is 0 Å². The predicted molar refractivity (Wildman–Crippen MR) is 268 cm³/mol. The van der Waals surface area contributed by atoms with Crippen LogP contribution in [0.2, 0.25) is 0 Å². The van der Waals surface area contributed by atoms with E-state index in [0.717, 1.165) is 109 Å². The first-order valence-corrected chi connectivity index (χ1v) is 26.5. The minimum absolute atomic E-state index is 0.0539. The molecule has 0 fully saturated rings. The molecule has 6 heteroatoms. The van der Waals surface area contributed by atoms with Crippen LogP contribution in [0.4, 0.5) is 0 Å². The molecule has 0 saturated heterocycles. The first-order valence-electron chi connectivity index (χ1n) is 26.5. The number of nitrogens with one attached hydrogen (secondary N) is 1. The summed E-state index contributed by atoms with van der Waals surface area (Å²) in [7, 11) is 0. The van der Waals surface area contributed by atoms with Crippen LogP contribution < -0.4 is 5.32 Å². The molecule has 3 unspecified atom stereocenters. The highest BCUT2D eigenvalue weighted by atomic mass is 16.5. The number of carbonyl (C=O) groups excluding carboxylic acids is 2. The predicted octanol–water partition coefficient (Wildman–Crippen LogP) is 16.0. The highest BCUT2D eigenvalue weighted by Crippen LogP contribution is 2.18. The second-order valence-corrected chi connectivity index (χ2v) is 17.9. The number of aliphatic hydroxyl groups excluding tert-OH is 2. The summed E-state index contributed by atoms with van der Waals surface area (Å²) in [5.41, 5.74) is 0. The molecule has 62 heavy (non-hydrogen) atoms. The van der Waals surface area contributed by atoms with Gasteiger partial charge >= 0.3 is 5.97 Å². The molecule has 0 aliphatic heterocycles. The standard InChI is InChI=1S/C56H101NO5/c1-4-7-10-13-16-19-22-25-27-28-30-33-36-39-42-45-48-54(59)53(51-58)57-55(60)50-52(47-44-41-38-35-32-29-24-21-18-15-12-9-6-3)62-56(61)49-46-43-40-37-34-31-26-23-20-17-14-11-8-5-2/h8,11,17-18,20-21,24,26,29,31,52-54,58-59H,4-7,9-10,12-16,19,22-23,25,27-28,30,32-51H2,1-3H3,(H,57,60)/b11-8+,20-17+,21-18+,29-24+,31-26+. The number of ether oxygens (including phenoxy) is 1. The van der Waals surface area contributed by atoms with E-state index in [1.165, 1.54) is 103 Å². The van der Waals surface area contributed by atoms with Crippen LogP contribution in [-0.2, 0) is 14.3 Å². The van der Waals surface area contributed by atoms with Gasteiger partial charge in [0.2, 0.25) is 5.91 Å². The Bertz CT molecular complexity index is 1110. The minimum Gasteiger partial charge on any atom is -0.462 e. The van der Waals surface area contributed by atoms with Gasteiger partial charge < -0.3 is 20.3 Å². The van der Waals surface area contributed by atoms with Gasteiger partial charge in [0.1, 0.15) is 6.10 Å². The Kier molecular flexibility index (Phi) is 47.6. The van der Waals surface area contributed by atoms with Crippen LogP contribution in [0.25, 0.3) is 0 Å². The summed E-state index contributed by atoms with van der Waals surface area (Å²) in [6.07, 6.45) is 61.4. The number of aliphatic hydroxyl groups is 2. The highest BCUT2D eigenvalue weighted by Gasteiger charge is 2.24. The Morgan fingerprint density at radius 3 is 1.45 bits per heavy atom. The third kappa shape index (κ3) is 44.2. The molecular formula is C56H101NO5. The van der Waals surface area contributed by atoms with E-state index in [1.54, 1.807) is 0 Å². The fourth-order valence-corrected chi connectivity index (χ4v) is 7.85. The Morgan fingerprint density at radius 1 is 0.500 bits per heavy atom. The molecule has 3 atom stereocenters. The summed E-state index contributed by atoms with van der Waals surface area (Å²) >= 11 is 0. The summed E-state index contributed by atoms with van der Waals surface area (Å²) in [6, 6.07) is -0.714. The number of amides is 1. The van der Waals surface area contributed by atoms with Gasteiger partial charge in [-0.15, -0.1) is 0 Å². The zero-order valence-corrected chi connectivity index (χ0v) is 41.0. The molecule has 0 aromatic heterocycles. The van der Waals surface area contributed by atoms with Gasteiger partial charge in [0, 0.05) is 6.42 Å². The van der Waals surface area contributed by atoms with Crippen LogP contribution in [0.3, 0.4) is 0 Å². The molecule has 0 heterocycles. The average Bonchev–Trinajstić information content (AvgIpc) is 3.26. The monoisotopic (exact) mass is 868 g/mol. The van der Waals surface area contributed by atoms with E-state index in [9.17, 15) is 19.8 Å². The van der Waals surface area contributed by atoms with Crippen LogP contribution in [0.5, 0.6) is 0 Å². The van der Waals surface area contributed by atoms with Crippen LogP contribution in [0.15, 0.2) is 60.8 Å². The second kappa shape index (κ2) is 49.6. The fraction of sp³-hybridized carbons (Fsp3) is 0.786. The number of esters is 1. The lowest BCUT2D eigenvalue weighted by Crippen LogP contribution is -2.46. The van der Waals surface area contributed by atoms with E-state index in [0.29, 0.717) is 19.3 Å². The van der Waals surface area contributed by atoms with Crippen molar-refractivity contribution in [2.75, 3.05) is 6.61 Å². The van der Waals surface area contributed by atoms with E-state index in [1.807, 2.05) is 0 Å². The normalized spacial score (nSPS) is 13.7. The third-order valence-corrected chi connectivity index (χ3v) is 11.9. The van der Waals surface area contributed by atoms with Crippen molar-refractivity contribution >= 4 is 11.9 Å². The van der Waals surface area contributed by atoms with E-state index in [4.69, 9.17) is 4.74 Å². The van der Waals surface area contributed by atoms with Crippen molar-refractivity contribution in [1.82, 2.24) is 5.32 Å². The number of unbranched alkanes of at least 4 members (excludes halogenated alkanes) is 26. The molecule has 0 radical (unpaired) electrons. The van der Waals surface area contributed by atoms with Gasteiger partial charge in [0.05, 0.1) is 25.2 Å². The van der Waals surface area contributed by atoms with Gasteiger partial charge in [-0.05, 0) is 83.5 Å². The van der Waals surface area contributed by atoms with Gasteiger partial charge in [-0.25, -0.2) is 0 Å². The maximum atomic E-state index is 13.2. The van der Waals surface area contributed by atoms with Crippen molar-refractivity contribution in [2.45, 2.75) is 277 Å². The molecule has 0 saturated carbocycles. The van der Waals surface area contributed by atoms with Crippen LogP contribution in [0, 0.1) is 0 Å². The van der Waals surface area contributed by atoms with Gasteiger partial charge in [-0.2, -0.15) is 0 Å². The van der Waals surface area contributed by atoms with Crippen molar-refractivity contribution < 1.29 is 24.5 Å². The number of hydrogen-bond acceptors (Lipinski definition) is 5. The number of carbonyl (C=O) groups is 2. The van der Waals surface area contributed by atoms with E-state index in [-0.39, 0.29) is 24.9 Å². The van der Waals surface area contributed by atoms with Gasteiger partial charge in [0.15, 0.2) is 0 Å². The Balaban J connectivity index is 4.59. The molecule has 1 amide bonds. The molecular weight excluding hydrogens is 767 g/mol. The zero-order valence-electron chi connectivity index (χ0n) is 41.0. The Morgan fingerprint density at radius 2 is 0.919 bits per heavy atom. The molecule has 360 valence electrons. The lowest BCUT2D eigenvalue weighted by molar-refractivity contribution is -0.151. The molecule has 3 N–H and O–H groups in total. The largest absolute Gasteiger partial charge is 0.462 e. The SMILES string of the molecule is CC/C=C/C/C=C/C/C=C/CCCCCCC(=O)OC(CCCCCC/C=C/C=C/CCCCC)CC(=O)NC(CO)C(O)CCCCCCCCCCCCCCCCCC. The average molecular weight is 868 g/mol. The quantitative estimate of drug-likeness (QED) is 0.0245. The number of hydrogen-bond donors (Lipinski definition) is 3. The van der Waals surface area contributed by atoms with Crippen molar-refractivity contribution in [3.8, 4) is 0 Å². The smallest absolute Gasteiger partial charge is 0.306 e. The minimum atomic E-state index is -0.799. The first-order chi connectivity index (χ1) is 30.5. The molecule has 0 bridgehead atoms. The maximum Gasteiger partial charge on any atom is 0.306 e. The van der Waals surface area contributed by atoms with E-state index < -0.39 is 18.2 Å². The lowest BCUT2D eigenvalue weighted by atomic mass is 10.0. The molecule has 0 spiro atoms. The summed E-state index contributed by atoms with van der Waals surface area (Å²) < 4.78 is 5.92. The van der Waals surface area contributed by atoms with Gasteiger partial charge in [-0.1, -0.05) is 223 Å². The lowest BCUT2D eigenvalue weighted by Gasteiger charge is -2.24. The highest BCUT2D eigenvalue weighted by molar-refractivity contribution is 5.77. The summed E-state index contributed by atoms with van der Waals surface area (Å²) in [5, 5.41) is 23.8. The summed E-state index contributed by atoms with van der Waals surface area (Å²) in [6.45, 7) is 6.34. The molecule has 0 aromatic carbocycles. The molecule has 0 aromatic rings. The van der Waals surface area contributed by atoms with Gasteiger partial charge in [0.25, 0.3) is 0 Å². The molecule has 0 aliphatic carbocycles. The Hall–Kier alpha value is -2.44. The zero-order chi connectivity index (χ0) is 45.2. The second-order valence-electron chi connectivity index (χ2n) is 17.9. The molecule has 6 nitrogen and oxygen atoms in total. The number of rotatable bonds is 47. The Labute approximate surface area is 384 Å². The topological polar surface area (TPSA) is 95.9 Å². The fourth-order valence-electron chi connectivity index (χ4n) is 7.85. The van der Waals surface area contributed by atoms with Crippen molar-refractivity contribution in [3.05, 3.63) is 60.8 Å². The third-order valence-electron chi connectivity index (χ3n) is 11.9. The van der Waals surface area contributed by atoms with E-state index in [2.05, 4.69) is 86.8 Å². The van der Waals surface area contributed by atoms with Crippen LogP contribution >= 0.6 is 0 Å². The molecule has 0 rings (SSSR count). The number of allylic oxidation sites excluding steroid dienone is 10.